The molecule has 0 radical (unpaired) electrons. The van der Waals surface area contributed by atoms with Gasteiger partial charge in [-0.05, 0) is 29.9 Å². The van der Waals surface area contributed by atoms with Gasteiger partial charge in [-0.15, -0.1) is 0 Å². The number of aliphatic hydroxyl groups excluding tert-OH is 1. The highest BCUT2D eigenvalue weighted by Gasteiger charge is 2.33. The largest absolute Gasteiger partial charge is 0.465 e. The third kappa shape index (κ3) is 8.26. The van der Waals surface area contributed by atoms with Gasteiger partial charge in [-0.3, -0.25) is 4.90 Å². The third-order valence-electron chi connectivity index (χ3n) is 5.39. The topological polar surface area (TPSA) is 98.2 Å². The second-order valence-corrected chi connectivity index (χ2v) is 10.5. The van der Waals surface area contributed by atoms with Crippen molar-refractivity contribution in [1.29, 1.82) is 0 Å². The van der Waals surface area contributed by atoms with Crippen LogP contribution in [0, 0.1) is 5.92 Å². The quantitative estimate of drug-likeness (QED) is 0.503. The number of nitrogens with zero attached hydrogens (tertiary/aromatic N) is 2. The van der Waals surface area contributed by atoms with Crippen molar-refractivity contribution in [1.82, 2.24) is 9.21 Å². The van der Waals surface area contributed by atoms with Crippen LogP contribution in [0.3, 0.4) is 0 Å². The Balaban J connectivity index is 2.33. The highest BCUT2D eigenvalue weighted by Crippen LogP contribution is 2.19. The van der Waals surface area contributed by atoms with E-state index in [4.69, 9.17) is 0 Å². The Bertz CT molecular complexity index is 935. The first-order valence-electron chi connectivity index (χ1n) is 10.8. The molecule has 0 unspecified atom stereocenters. The molecule has 2 aromatic carbocycles. The summed E-state index contributed by atoms with van der Waals surface area (Å²) in [5.74, 6) is 0.296. The molecular formula is C24H34N2O5S. The number of sulfonamides is 1. The molecule has 0 spiro atoms. The second-order valence-electron chi connectivity index (χ2n) is 8.52. The number of aliphatic hydroxyl groups is 1. The maximum atomic E-state index is 12.3. The lowest BCUT2D eigenvalue weighted by molar-refractivity contribution is 0.0344. The number of hydrogen-bond acceptors (Lipinski definition) is 4. The molecule has 176 valence electrons. The van der Waals surface area contributed by atoms with Crippen LogP contribution in [0.5, 0.6) is 0 Å². The van der Waals surface area contributed by atoms with Crippen LogP contribution in [0.2, 0.25) is 0 Å². The first kappa shape index (κ1) is 25.8. The lowest BCUT2D eigenvalue weighted by Crippen LogP contribution is -2.52. The molecule has 0 aromatic heterocycles. The molecule has 2 rings (SSSR count). The van der Waals surface area contributed by atoms with Gasteiger partial charge in [-0.2, -0.15) is 4.31 Å². The maximum Gasteiger partial charge on any atom is 0.407 e. The van der Waals surface area contributed by atoms with Gasteiger partial charge in [0.05, 0.1) is 18.4 Å². The van der Waals surface area contributed by atoms with E-state index in [2.05, 4.69) is 0 Å². The van der Waals surface area contributed by atoms with Crippen molar-refractivity contribution in [2.24, 2.45) is 5.92 Å². The molecule has 0 aliphatic heterocycles. The smallest absolute Gasteiger partial charge is 0.407 e. The molecule has 7 nitrogen and oxygen atoms in total. The van der Waals surface area contributed by atoms with Gasteiger partial charge in [-0.1, -0.05) is 74.5 Å². The van der Waals surface area contributed by atoms with Crippen LogP contribution >= 0.6 is 0 Å². The monoisotopic (exact) mass is 462 g/mol. The van der Waals surface area contributed by atoms with Crippen LogP contribution in [0.25, 0.3) is 0 Å². The molecule has 0 saturated heterocycles. The first-order chi connectivity index (χ1) is 15.1. The van der Waals surface area contributed by atoms with E-state index in [0.29, 0.717) is 12.3 Å². The van der Waals surface area contributed by atoms with Crippen LogP contribution < -0.4 is 0 Å². The van der Waals surface area contributed by atoms with E-state index in [0.717, 1.165) is 17.4 Å². The van der Waals surface area contributed by atoms with E-state index >= 15 is 0 Å². The fourth-order valence-electron chi connectivity index (χ4n) is 3.54. The average molecular weight is 463 g/mol. The summed E-state index contributed by atoms with van der Waals surface area (Å²) in [6.45, 7) is 4.21. The van der Waals surface area contributed by atoms with Gasteiger partial charge in [0.25, 0.3) is 0 Å². The molecule has 0 saturated carbocycles. The molecule has 0 aliphatic rings. The van der Waals surface area contributed by atoms with Gasteiger partial charge >= 0.3 is 6.09 Å². The number of rotatable bonds is 12. The Morgan fingerprint density at radius 3 is 1.97 bits per heavy atom. The Hall–Kier alpha value is -2.42. The molecule has 0 fully saturated rings. The van der Waals surface area contributed by atoms with Crippen molar-refractivity contribution < 1.29 is 23.4 Å². The van der Waals surface area contributed by atoms with Crippen LogP contribution in [-0.4, -0.2) is 65.4 Å². The number of carbonyl (C=O) groups is 1. The zero-order valence-corrected chi connectivity index (χ0v) is 19.8. The van der Waals surface area contributed by atoms with Crippen molar-refractivity contribution in [2.45, 2.75) is 45.4 Å². The first-order valence-corrected chi connectivity index (χ1v) is 12.6. The molecule has 1 amide bonds. The molecule has 0 heterocycles. The highest BCUT2D eigenvalue weighted by atomic mass is 32.2. The summed E-state index contributed by atoms with van der Waals surface area (Å²) in [7, 11) is -3.56. The van der Waals surface area contributed by atoms with E-state index in [1.807, 2.05) is 74.5 Å². The molecular weight excluding hydrogens is 428 g/mol. The molecule has 0 aliphatic carbocycles. The highest BCUT2D eigenvalue weighted by molar-refractivity contribution is 7.88. The number of amides is 1. The summed E-state index contributed by atoms with van der Waals surface area (Å²) in [5, 5.41) is 21.1. The van der Waals surface area contributed by atoms with Crippen molar-refractivity contribution >= 4 is 16.1 Å². The van der Waals surface area contributed by atoms with Crippen LogP contribution in [0.4, 0.5) is 4.79 Å². The summed E-state index contributed by atoms with van der Waals surface area (Å²) < 4.78 is 25.9. The lowest BCUT2D eigenvalue weighted by Gasteiger charge is -2.35. The van der Waals surface area contributed by atoms with Crippen molar-refractivity contribution in [3.8, 4) is 0 Å². The molecule has 2 atom stereocenters. The second kappa shape index (κ2) is 12.0. The van der Waals surface area contributed by atoms with Gasteiger partial charge < -0.3 is 10.2 Å². The Labute approximate surface area is 191 Å². The predicted octanol–water partition coefficient (Wildman–Crippen LogP) is 3.45. The van der Waals surface area contributed by atoms with Gasteiger partial charge in [-0.25, -0.2) is 13.2 Å². The number of benzene rings is 2. The maximum absolute atomic E-state index is 12.3. The van der Waals surface area contributed by atoms with Gasteiger partial charge in [0, 0.05) is 19.6 Å². The van der Waals surface area contributed by atoms with E-state index < -0.39 is 28.3 Å². The number of hydrogen-bond donors (Lipinski definition) is 2. The summed E-state index contributed by atoms with van der Waals surface area (Å²) in [5.41, 5.74) is 1.66. The van der Waals surface area contributed by atoms with E-state index in [9.17, 15) is 23.4 Å². The van der Waals surface area contributed by atoms with E-state index in [-0.39, 0.29) is 26.1 Å². The Morgan fingerprint density at radius 2 is 1.50 bits per heavy atom. The molecule has 2 N–H and O–H groups in total. The average Bonchev–Trinajstić information content (AvgIpc) is 2.73. The van der Waals surface area contributed by atoms with E-state index in [1.54, 1.807) is 0 Å². The predicted molar refractivity (Wildman–Crippen MR) is 126 cm³/mol. The standard InChI is InChI=1S/C24H34N2O5S/c1-19(2)14-15-25(32(3,30)31)18-23(27)22(16-20-10-6-4-7-11-20)26(24(28)29)17-21-12-8-5-9-13-21/h4-13,19,22-23,27H,14-18H2,1-3H3,(H,28,29)/t22-,23-/m0/s1. The lowest BCUT2D eigenvalue weighted by atomic mass is 9.99. The Kier molecular flexibility index (Phi) is 9.68. The summed E-state index contributed by atoms with van der Waals surface area (Å²) >= 11 is 0. The SMILES string of the molecule is CC(C)CCN(C[C@H](O)[C@H](Cc1ccccc1)N(Cc1ccccc1)C(=O)O)S(C)(=O)=O. The minimum Gasteiger partial charge on any atom is -0.465 e. The van der Waals surface area contributed by atoms with Crippen molar-refractivity contribution in [3.63, 3.8) is 0 Å². The summed E-state index contributed by atoms with van der Waals surface area (Å²) in [4.78, 5) is 13.4. The molecule has 2 aromatic rings. The summed E-state index contributed by atoms with van der Waals surface area (Å²) in [6, 6.07) is 17.7. The van der Waals surface area contributed by atoms with Crippen molar-refractivity contribution in [3.05, 3.63) is 71.8 Å². The Morgan fingerprint density at radius 1 is 0.969 bits per heavy atom. The normalized spacial score (nSPS) is 13.8. The van der Waals surface area contributed by atoms with Gasteiger partial charge in [0.15, 0.2) is 0 Å². The molecule has 8 heteroatoms. The molecule has 32 heavy (non-hydrogen) atoms. The fourth-order valence-corrected chi connectivity index (χ4v) is 4.40. The van der Waals surface area contributed by atoms with Crippen LogP contribution in [0.15, 0.2) is 60.7 Å². The zero-order chi connectivity index (χ0) is 23.7. The minimum absolute atomic E-state index is 0.0929. The van der Waals surface area contributed by atoms with Crippen LogP contribution in [0.1, 0.15) is 31.4 Å². The van der Waals surface area contributed by atoms with Crippen LogP contribution in [-0.2, 0) is 23.0 Å². The van der Waals surface area contributed by atoms with Gasteiger partial charge in [0.2, 0.25) is 10.0 Å². The van der Waals surface area contributed by atoms with E-state index in [1.165, 1.54) is 9.21 Å². The third-order valence-corrected chi connectivity index (χ3v) is 6.66. The summed E-state index contributed by atoms with van der Waals surface area (Å²) in [6.07, 6.45) is -0.331. The number of carboxylic acid groups (broad SMARTS) is 1. The van der Waals surface area contributed by atoms with Gasteiger partial charge in [0.1, 0.15) is 0 Å². The zero-order valence-electron chi connectivity index (χ0n) is 19.0. The minimum atomic E-state index is -3.56. The molecule has 0 bridgehead atoms. The van der Waals surface area contributed by atoms with Crippen molar-refractivity contribution in [2.75, 3.05) is 19.3 Å². The fraction of sp³-hybridized carbons (Fsp3) is 0.458.